The molecule has 1 aromatic rings. The summed E-state index contributed by atoms with van der Waals surface area (Å²) in [5.41, 5.74) is 1.17. The van der Waals surface area contributed by atoms with Crippen molar-refractivity contribution in [1.82, 2.24) is 5.32 Å². The van der Waals surface area contributed by atoms with Crippen LogP contribution in [0.1, 0.15) is 17.9 Å². The molecule has 13 heavy (non-hydrogen) atoms. The lowest BCUT2D eigenvalue weighted by atomic mass is 10.1. The molecule has 70 valence electrons. The van der Waals surface area contributed by atoms with Crippen LogP contribution in [0.15, 0.2) is 18.2 Å². The molecule has 0 saturated heterocycles. The number of benzene rings is 1. The smallest absolute Gasteiger partial charge is 0.0627 e. The lowest BCUT2D eigenvalue weighted by Crippen LogP contribution is -2.10. The van der Waals surface area contributed by atoms with Gasteiger partial charge in [-0.3, -0.25) is 0 Å². The van der Waals surface area contributed by atoms with Crippen LogP contribution in [-0.4, -0.2) is 13.1 Å². The molecule has 0 radical (unpaired) electrons. The Bertz CT molecular complexity index is 325. The van der Waals surface area contributed by atoms with Crippen molar-refractivity contribution in [2.75, 3.05) is 7.05 Å². The maximum atomic E-state index is 6.09. The molecule has 1 aliphatic carbocycles. The molecule has 1 fully saturated rings. The van der Waals surface area contributed by atoms with E-state index in [-0.39, 0.29) is 0 Å². The van der Waals surface area contributed by atoms with Gasteiger partial charge in [-0.2, -0.15) is 0 Å². The fourth-order valence-corrected chi connectivity index (χ4v) is 2.11. The van der Waals surface area contributed by atoms with Crippen LogP contribution in [0, 0.1) is 0 Å². The Kier molecular flexibility index (Phi) is 2.50. The van der Waals surface area contributed by atoms with E-state index in [9.17, 15) is 0 Å². The van der Waals surface area contributed by atoms with Gasteiger partial charge in [-0.25, -0.2) is 0 Å². The third-order valence-electron chi connectivity index (χ3n) is 2.54. The van der Waals surface area contributed by atoms with E-state index in [1.54, 1.807) is 0 Å². The third kappa shape index (κ3) is 1.69. The summed E-state index contributed by atoms with van der Waals surface area (Å²) < 4.78 is 0. The standard InChI is InChI=1S/C10H11Cl2N/c1-13-9-5-7(9)6-3-2-4-8(11)10(6)12/h2-4,7,9,13H,5H2,1H3. The number of rotatable bonds is 2. The summed E-state index contributed by atoms with van der Waals surface area (Å²) in [4.78, 5) is 0. The van der Waals surface area contributed by atoms with Crippen molar-refractivity contribution >= 4 is 23.2 Å². The summed E-state index contributed by atoms with van der Waals surface area (Å²) in [6.45, 7) is 0. The van der Waals surface area contributed by atoms with Gasteiger partial charge in [0, 0.05) is 12.0 Å². The first-order valence-electron chi connectivity index (χ1n) is 4.35. The maximum absolute atomic E-state index is 6.09. The molecule has 0 spiro atoms. The molecule has 1 aliphatic rings. The van der Waals surface area contributed by atoms with E-state index in [2.05, 4.69) is 11.4 Å². The van der Waals surface area contributed by atoms with Gasteiger partial charge in [0.1, 0.15) is 0 Å². The SMILES string of the molecule is CNC1CC1c1cccc(Cl)c1Cl. The predicted octanol–water partition coefficient (Wildman–Crippen LogP) is 3.07. The molecule has 1 saturated carbocycles. The first-order valence-corrected chi connectivity index (χ1v) is 5.11. The Morgan fingerprint density at radius 3 is 2.77 bits per heavy atom. The quantitative estimate of drug-likeness (QED) is 0.800. The van der Waals surface area contributed by atoms with Gasteiger partial charge < -0.3 is 5.32 Å². The summed E-state index contributed by atoms with van der Waals surface area (Å²) in [5, 5.41) is 4.60. The van der Waals surface area contributed by atoms with Gasteiger partial charge in [0.15, 0.2) is 0 Å². The summed E-state index contributed by atoms with van der Waals surface area (Å²) in [5.74, 6) is 0.552. The van der Waals surface area contributed by atoms with Crippen molar-refractivity contribution < 1.29 is 0 Å². The van der Waals surface area contributed by atoms with Gasteiger partial charge >= 0.3 is 0 Å². The van der Waals surface area contributed by atoms with Crippen LogP contribution < -0.4 is 5.32 Å². The Labute approximate surface area is 88.0 Å². The van der Waals surface area contributed by atoms with E-state index in [1.165, 1.54) is 5.56 Å². The Balaban J connectivity index is 2.27. The zero-order chi connectivity index (χ0) is 9.42. The summed E-state index contributed by atoms with van der Waals surface area (Å²) >= 11 is 12.0. The summed E-state index contributed by atoms with van der Waals surface area (Å²) in [6.07, 6.45) is 1.16. The van der Waals surface area contributed by atoms with Crippen molar-refractivity contribution in [2.24, 2.45) is 0 Å². The highest BCUT2D eigenvalue weighted by molar-refractivity contribution is 6.42. The summed E-state index contributed by atoms with van der Waals surface area (Å²) in [6, 6.07) is 6.41. The number of nitrogens with one attached hydrogen (secondary N) is 1. The Morgan fingerprint density at radius 2 is 2.15 bits per heavy atom. The molecule has 2 rings (SSSR count). The average Bonchev–Trinajstić information content (AvgIpc) is 2.89. The van der Waals surface area contributed by atoms with Gasteiger partial charge in [-0.15, -0.1) is 0 Å². The largest absolute Gasteiger partial charge is 0.316 e. The zero-order valence-electron chi connectivity index (χ0n) is 7.35. The molecule has 3 heteroatoms. The van der Waals surface area contributed by atoms with Gasteiger partial charge in [0.2, 0.25) is 0 Å². The second-order valence-electron chi connectivity index (χ2n) is 3.38. The Morgan fingerprint density at radius 1 is 1.38 bits per heavy atom. The fourth-order valence-electron chi connectivity index (χ4n) is 1.66. The maximum Gasteiger partial charge on any atom is 0.0627 e. The van der Waals surface area contributed by atoms with Crippen molar-refractivity contribution in [2.45, 2.75) is 18.4 Å². The van der Waals surface area contributed by atoms with E-state index in [0.29, 0.717) is 22.0 Å². The molecular formula is C10H11Cl2N. The molecule has 0 bridgehead atoms. The highest BCUT2D eigenvalue weighted by Gasteiger charge is 2.38. The van der Waals surface area contributed by atoms with Crippen LogP contribution in [0.5, 0.6) is 0 Å². The number of hydrogen-bond donors (Lipinski definition) is 1. The van der Waals surface area contributed by atoms with Crippen molar-refractivity contribution in [1.29, 1.82) is 0 Å². The van der Waals surface area contributed by atoms with Crippen molar-refractivity contribution in [3.8, 4) is 0 Å². The molecule has 2 unspecified atom stereocenters. The fraction of sp³-hybridized carbons (Fsp3) is 0.400. The van der Waals surface area contributed by atoms with Crippen LogP contribution >= 0.6 is 23.2 Å². The molecule has 1 nitrogen and oxygen atoms in total. The lowest BCUT2D eigenvalue weighted by molar-refractivity contribution is 0.784. The highest BCUT2D eigenvalue weighted by atomic mass is 35.5. The van der Waals surface area contributed by atoms with Crippen molar-refractivity contribution in [3.63, 3.8) is 0 Å². The van der Waals surface area contributed by atoms with E-state index >= 15 is 0 Å². The molecule has 1 N–H and O–H groups in total. The Hall–Kier alpha value is -0.240. The van der Waals surface area contributed by atoms with Crippen molar-refractivity contribution in [3.05, 3.63) is 33.8 Å². The zero-order valence-corrected chi connectivity index (χ0v) is 8.86. The average molecular weight is 216 g/mol. The monoisotopic (exact) mass is 215 g/mol. The minimum absolute atomic E-state index is 0.552. The van der Waals surface area contributed by atoms with Crippen LogP contribution in [0.4, 0.5) is 0 Å². The first-order chi connectivity index (χ1) is 6.24. The lowest BCUT2D eigenvalue weighted by Gasteiger charge is -2.04. The van der Waals surface area contributed by atoms with E-state index in [1.807, 2.05) is 19.2 Å². The number of halogens is 2. The summed E-state index contributed by atoms with van der Waals surface area (Å²) in [7, 11) is 1.98. The number of hydrogen-bond acceptors (Lipinski definition) is 1. The molecule has 2 atom stereocenters. The predicted molar refractivity (Wildman–Crippen MR) is 56.7 cm³/mol. The molecular weight excluding hydrogens is 205 g/mol. The van der Waals surface area contributed by atoms with Gasteiger partial charge in [-0.05, 0) is 25.1 Å². The molecule has 1 aromatic carbocycles. The molecule has 0 amide bonds. The van der Waals surface area contributed by atoms with E-state index in [0.717, 1.165) is 6.42 Å². The molecule has 0 heterocycles. The molecule has 0 aliphatic heterocycles. The van der Waals surface area contributed by atoms with Crippen LogP contribution in [-0.2, 0) is 0 Å². The second-order valence-corrected chi connectivity index (χ2v) is 4.17. The normalized spacial score (nSPS) is 26.1. The van der Waals surface area contributed by atoms with Gasteiger partial charge in [0.05, 0.1) is 10.0 Å². The van der Waals surface area contributed by atoms with Gasteiger partial charge in [0.25, 0.3) is 0 Å². The minimum atomic E-state index is 0.552. The minimum Gasteiger partial charge on any atom is -0.316 e. The first kappa shape index (κ1) is 9.32. The third-order valence-corrected chi connectivity index (χ3v) is 3.38. The number of likely N-dealkylation sites (N-methyl/N-ethyl adjacent to an activating group) is 1. The van der Waals surface area contributed by atoms with Crippen LogP contribution in [0.2, 0.25) is 10.0 Å². The van der Waals surface area contributed by atoms with Gasteiger partial charge in [-0.1, -0.05) is 35.3 Å². The van der Waals surface area contributed by atoms with E-state index < -0.39 is 0 Å². The second kappa shape index (κ2) is 3.49. The van der Waals surface area contributed by atoms with Crippen LogP contribution in [0.3, 0.4) is 0 Å². The van der Waals surface area contributed by atoms with Crippen LogP contribution in [0.25, 0.3) is 0 Å². The topological polar surface area (TPSA) is 12.0 Å². The highest BCUT2D eigenvalue weighted by Crippen LogP contribution is 2.44. The molecule has 0 aromatic heterocycles. The van der Waals surface area contributed by atoms with E-state index in [4.69, 9.17) is 23.2 Å².